The molecule has 0 heterocycles. The zero-order valence-corrected chi connectivity index (χ0v) is 12.1. The number of nitrogens with two attached hydrogens (primary N) is 1. The Labute approximate surface area is 119 Å². The first-order valence-corrected chi connectivity index (χ1v) is 7.20. The Bertz CT molecular complexity index is 498. The van der Waals surface area contributed by atoms with Crippen LogP contribution in [-0.4, -0.2) is 12.4 Å². The number of hydrogen-bond donors (Lipinski definition) is 1. The Hall–Kier alpha value is -1.45. The van der Waals surface area contributed by atoms with Crippen LogP contribution in [0.4, 0.5) is 0 Å². The largest absolute Gasteiger partial charge is 0.497 e. The van der Waals surface area contributed by atoms with E-state index in [2.05, 4.69) is 31.2 Å². The van der Waals surface area contributed by atoms with Crippen LogP contribution in [0.25, 0.3) is 0 Å². The van der Waals surface area contributed by atoms with Crippen LogP contribution in [0.1, 0.15) is 18.5 Å². The van der Waals surface area contributed by atoms with Gasteiger partial charge >= 0.3 is 0 Å². The summed E-state index contributed by atoms with van der Waals surface area (Å²) in [6.07, 6.45) is 0. The molecule has 0 amide bonds. The molecule has 0 aliphatic rings. The van der Waals surface area contributed by atoms with E-state index in [1.807, 2.05) is 30.3 Å². The zero-order chi connectivity index (χ0) is 13.7. The molecule has 2 unspecified atom stereocenters. The second-order valence-corrected chi connectivity index (χ2v) is 5.89. The molecule has 0 aliphatic carbocycles. The van der Waals surface area contributed by atoms with E-state index in [9.17, 15) is 0 Å². The topological polar surface area (TPSA) is 35.2 Å². The van der Waals surface area contributed by atoms with E-state index in [-0.39, 0.29) is 6.04 Å². The van der Waals surface area contributed by atoms with Crippen LogP contribution in [0.15, 0.2) is 59.5 Å². The number of benzene rings is 2. The lowest BCUT2D eigenvalue weighted by molar-refractivity contribution is 0.414. The van der Waals surface area contributed by atoms with Crippen LogP contribution in [0, 0.1) is 0 Å². The van der Waals surface area contributed by atoms with Gasteiger partial charge in [0.25, 0.3) is 0 Å². The third-order valence-electron chi connectivity index (χ3n) is 3.07. The van der Waals surface area contributed by atoms with E-state index in [1.165, 1.54) is 10.5 Å². The first kappa shape index (κ1) is 14.0. The highest BCUT2D eigenvalue weighted by Gasteiger charge is 2.15. The molecule has 2 N–H and O–H groups in total. The molecule has 2 nitrogen and oxygen atoms in total. The molecule has 0 fully saturated rings. The lowest BCUT2D eigenvalue weighted by Crippen LogP contribution is -2.20. The predicted octanol–water partition coefficient (Wildman–Crippen LogP) is 3.88. The van der Waals surface area contributed by atoms with E-state index in [1.54, 1.807) is 18.9 Å². The minimum Gasteiger partial charge on any atom is -0.497 e. The van der Waals surface area contributed by atoms with Gasteiger partial charge in [0, 0.05) is 16.2 Å². The van der Waals surface area contributed by atoms with E-state index in [4.69, 9.17) is 10.5 Å². The van der Waals surface area contributed by atoms with Crippen molar-refractivity contribution in [3.05, 3.63) is 60.2 Å². The maximum Gasteiger partial charge on any atom is 0.118 e. The Kier molecular flexibility index (Phi) is 4.88. The summed E-state index contributed by atoms with van der Waals surface area (Å²) < 4.78 is 5.16. The second kappa shape index (κ2) is 6.64. The van der Waals surface area contributed by atoms with Crippen molar-refractivity contribution in [2.24, 2.45) is 5.73 Å². The smallest absolute Gasteiger partial charge is 0.118 e. The number of hydrogen-bond acceptors (Lipinski definition) is 3. The molecule has 0 aliphatic heterocycles. The minimum absolute atomic E-state index is 0.0355. The highest BCUT2D eigenvalue weighted by molar-refractivity contribution is 8.00. The molecule has 2 aromatic rings. The summed E-state index contributed by atoms with van der Waals surface area (Å²) in [6, 6.07) is 18.3. The average Bonchev–Trinajstić information content (AvgIpc) is 2.48. The Morgan fingerprint density at radius 2 is 1.63 bits per heavy atom. The van der Waals surface area contributed by atoms with Gasteiger partial charge in [0.05, 0.1) is 7.11 Å². The van der Waals surface area contributed by atoms with Crippen LogP contribution in [0.2, 0.25) is 0 Å². The lowest BCUT2D eigenvalue weighted by Gasteiger charge is -2.20. The van der Waals surface area contributed by atoms with Gasteiger partial charge in [-0.1, -0.05) is 37.3 Å². The van der Waals surface area contributed by atoms with Gasteiger partial charge in [-0.3, -0.25) is 0 Å². The van der Waals surface area contributed by atoms with Crippen molar-refractivity contribution in [3.63, 3.8) is 0 Å². The van der Waals surface area contributed by atoms with Gasteiger partial charge in [-0.05, 0) is 29.8 Å². The summed E-state index contributed by atoms with van der Waals surface area (Å²) in [4.78, 5) is 1.21. The molecular formula is C16H19NOS. The van der Waals surface area contributed by atoms with Gasteiger partial charge in [0.2, 0.25) is 0 Å². The van der Waals surface area contributed by atoms with Crippen molar-refractivity contribution in [1.29, 1.82) is 0 Å². The maximum absolute atomic E-state index is 6.30. The number of thioether (sulfide) groups is 1. The molecule has 2 rings (SSSR count). The summed E-state index contributed by atoms with van der Waals surface area (Å²) in [6.45, 7) is 2.16. The van der Waals surface area contributed by atoms with Crippen molar-refractivity contribution < 1.29 is 4.74 Å². The van der Waals surface area contributed by atoms with Gasteiger partial charge in [0.1, 0.15) is 5.75 Å². The molecule has 2 atom stereocenters. The van der Waals surface area contributed by atoms with Gasteiger partial charge in [-0.15, -0.1) is 11.8 Å². The Morgan fingerprint density at radius 3 is 2.21 bits per heavy atom. The first-order valence-electron chi connectivity index (χ1n) is 6.32. The van der Waals surface area contributed by atoms with E-state index in [0.29, 0.717) is 5.25 Å². The van der Waals surface area contributed by atoms with E-state index >= 15 is 0 Å². The van der Waals surface area contributed by atoms with Crippen molar-refractivity contribution in [3.8, 4) is 5.75 Å². The van der Waals surface area contributed by atoms with Crippen molar-refractivity contribution in [2.45, 2.75) is 23.1 Å². The van der Waals surface area contributed by atoms with Gasteiger partial charge < -0.3 is 10.5 Å². The average molecular weight is 273 g/mol. The number of methoxy groups -OCH3 is 1. The fraction of sp³-hybridized carbons (Fsp3) is 0.250. The molecule has 0 saturated carbocycles. The molecule has 0 saturated heterocycles. The fourth-order valence-corrected chi connectivity index (χ4v) is 2.91. The third-order valence-corrected chi connectivity index (χ3v) is 4.28. The van der Waals surface area contributed by atoms with Crippen LogP contribution in [-0.2, 0) is 0 Å². The number of rotatable bonds is 5. The first-order chi connectivity index (χ1) is 9.20. The van der Waals surface area contributed by atoms with Crippen molar-refractivity contribution in [1.82, 2.24) is 0 Å². The van der Waals surface area contributed by atoms with Crippen LogP contribution < -0.4 is 10.5 Å². The fourth-order valence-electron chi connectivity index (χ4n) is 1.89. The second-order valence-electron chi connectivity index (χ2n) is 4.43. The Morgan fingerprint density at radius 1 is 1.00 bits per heavy atom. The molecule has 0 radical (unpaired) electrons. The Balaban J connectivity index is 2.01. The monoisotopic (exact) mass is 273 g/mol. The van der Waals surface area contributed by atoms with Crippen molar-refractivity contribution in [2.75, 3.05) is 7.11 Å². The third kappa shape index (κ3) is 3.75. The summed E-state index contributed by atoms with van der Waals surface area (Å²) >= 11 is 1.79. The SMILES string of the molecule is COc1ccc(SC(C)C(N)c2ccccc2)cc1. The molecule has 19 heavy (non-hydrogen) atoms. The molecule has 100 valence electrons. The molecule has 2 aromatic carbocycles. The lowest BCUT2D eigenvalue weighted by atomic mass is 10.1. The highest BCUT2D eigenvalue weighted by Crippen LogP contribution is 2.31. The molecule has 0 aromatic heterocycles. The quantitative estimate of drug-likeness (QED) is 0.840. The maximum atomic E-state index is 6.30. The molecule has 3 heteroatoms. The molecular weight excluding hydrogens is 254 g/mol. The molecule has 0 bridgehead atoms. The van der Waals surface area contributed by atoms with Crippen molar-refractivity contribution >= 4 is 11.8 Å². The summed E-state index contributed by atoms with van der Waals surface area (Å²) in [5.74, 6) is 0.879. The zero-order valence-electron chi connectivity index (χ0n) is 11.2. The predicted molar refractivity (Wildman–Crippen MR) is 81.7 cm³/mol. The van der Waals surface area contributed by atoms with Crippen LogP contribution >= 0.6 is 11.8 Å². The highest BCUT2D eigenvalue weighted by atomic mass is 32.2. The van der Waals surface area contributed by atoms with E-state index < -0.39 is 0 Å². The molecule has 0 spiro atoms. The normalized spacial score (nSPS) is 13.8. The van der Waals surface area contributed by atoms with Crippen LogP contribution in [0.5, 0.6) is 5.75 Å². The number of ether oxygens (including phenoxy) is 1. The van der Waals surface area contributed by atoms with Crippen LogP contribution in [0.3, 0.4) is 0 Å². The van der Waals surface area contributed by atoms with E-state index in [0.717, 1.165) is 5.75 Å². The van der Waals surface area contributed by atoms with Gasteiger partial charge in [-0.2, -0.15) is 0 Å². The summed E-state index contributed by atoms with van der Waals surface area (Å²) in [5, 5.41) is 0.316. The van der Waals surface area contributed by atoms with Gasteiger partial charge in [-0.25, -0.2) is 0 Å². The van der Waals surface area contributed by atoms with Gasteiger partial charge in [0.15, 0.2) is 0 Å². The minimum atomic E-state index is 0.0355. The summed E-state index contributed by atoms with van der Waals surface area (Å²) in [7, 11) is 1.68. The standard InChI is InChI=1S/C16H19NOS/c1-12(16(17)13-6-4-3-5-7-13)19-15-10-8-14(18-2)9-11-15/h3-12,16H,17H2,1-2H3. The summed E-state index contributed by atoms with van der Waals surface area (Å²) in [5.41, 5.74) is 7.47.